The van der Waals surface area contributed by atoms with Crippen LogP contribution >= 0.6 is 11.6 Å². The number of rotatable bonds is 19. The number of benzene rings is 1. The Balaban J connectivity index is 2.12. The van der Waals surface area contributed by atoms with E-state index in [4.69, 9.17) is 16.7 Å². The number of carboxylic acids is 1. The SMILES string of the molecule is CCCCCCCC/C=C\CCCCCCCC(=O)N(CC(=O)O)Cc1ccccc1Cl. The largest absolute Gasteiger partial charge is 0.480 e. The van der Waals surface area contributed by atoms with Crippen molar-refractivity contribution in [2.45, 2.75) is 103 Å². The lowest BCUT2D eigenvalue weighted by Gasteiger charge is -2.21. The van der Waals surface area contributed by atoms with Crippen molar-refractivity contribution < 1.29 is 14.7 Å². The molecule has 32 heavy (non-hydrogen) atoms. The third-order valence-electron chi connectivity index (χ3n) is 5.65. The maximum Gasteiger partial charge on any atom is 0.323 e. The van der Waals surface area contributed by atoms with E-state index in [1.807, 2.05) is 18.2 Å². The Hall–Kier alpha value is -1.81. The van der Waals surface area contributed by atoms with E-state index in [-0.39, 0.29) is 19.0 Å². The first-order valence-corrected chi connectivity index (χ1v) is 12.8. The number of carbonyl (C=O) groups excluding carboxylic acids is 1. The van der Waals surface area contributed by atoms with Gasteiger partial charge in [-0.15, -0.1) is 0 Å². The first kappa shape index (κ1) is 28.2. The molecule has 0 unspecified atom stereocenters. The quantitative estimate of drug-likeness (QED) is 0.168. The molecule has 4 nitrogen and oxygen atoms in total. The van der Waals surface area contributed by atoms with Crippen molar-refractivity contribution in [3.8, 4) is 0 Å². The predicted molar refractivity (Wildman–Crippen MR) is 134 cm³/mol. The van der Waals surface area contributed by atoms with Gasteiger partial charge in [0.25, 0.3) is 0 Å². The zero-order chi connectivity index (χ0) is 23.4. The van der Waals surface area contributed by atoms with Gasteiger partial charge >= 0.3 is 5.97 Å². The van der Waals surface area contributed by atoms with Crippen molar-refractivity contribution in [2.24, 2.45) is 0 Å². The Morgan fingerprint density at radius 1 is 0.875 bits per heavy atom. The van der Waals surface area contributed by atoms with E-state index in [1.165, 1.54) is 62.7 Å². The summed E-state index contributed by atoms with van der Waals surface area (Å²) in [6, 6.07) is 7.24. The molecule has 0 fully saturated rings. The number of unbranched alkanes of at least 4 members (excludes halogenated alkanes) is 11. The van der Waals surface area contributed by atoms with Crippen molar-refractivity contribution in [3.63, 3.8) is 0 Å². The molecule has 0 bridgehead atoms. The summed E-state index contributed by atoms with van der Waals surface area (Å²) >= 11 is 6.17. The molecule has 1 N–H and O–H groups in total. The lowest BCUT2D eigenvalue weighted by molar-refractivity contribution is -0.145. The summed E-state index contributed by atoms with van der Waals surface area (Å²) in [5.74, 6) is -1.13. The molecule has 1 rings (SSSR count). The van der Waals surface area contributed by atoms with Gasteiger partial charge in [-0.1, -0.05) is 100 Å². The van der Waals surface area contributed by atoms with Crippen LogP contribution in [0.15, 0.2) is 36.4 Å². The minimum atomic E-state index is -1.00. The number of hydrogen-bond acceptors (Lipinski definition) is 2. The van der Waals surface area contributed by atoms with E-state index in [0.29, 0.717) is 11.4 Å². The van der Waals surface area contributed by atoms with Gasteiger partial charge in [-0.2, -0.15) is 0 Å². The Kier molecular flexibility index (Phi) is 16.5. The predicted octanol–water partition coefficient (Wildman–Crippen LogP) is 7.79. The Morgan fingerprint density at radius 2 is 1.44 bits per heavy atom. The number of allylic oxidation sites excluding steroid dienone is 2. The molecule has 180 valence electrons. The van der Waals surface area contributed by atoms with Gasteiger partial charge in [0.1, 0.15) is 6.54 Å². The standard InChI is InChI=1S/C27H42ClNO3/c1-2-3-4-5-6-7-8-9-10-11-12-13-14-15-16-21-26(30)29(23-27(31)32)22-24-19-17-18-20-25(24)28/h9-10,17-20H,2-8,11-16,21-23H2,1H3,(H,31,32)/b10-9-. The molecule has 0 saturated heterocycles. The first-order chi connectivity index (χ1) is 15.5. The fraction of sp³-hybridized carbons (Fsp3) is 0.630. The lowest BCUT2D eigenvalue weighted by Crippen LogP contribution is -2.35. The van der Waals surface area contributed by atoms with Crippen LogP contribution in [-0.4, -0.2) is 28.4 Å². The second-order valence-corrected chi connectivity index (χ2v) is 8.98. The average Bonchev–Trinajstić information content (AvgIpc) is 2.77. The summed E-state index contributed by atoms with van der Waals surface area (Å²) < 4.78 is 0. The second-order valence-electron chi connectivity index (χ2n) is 8.57. The van der Waals surface area contributed by atoms with Crippen LogP contribution in [0.3, 0.4) is 0 Å². The molecule has 5 heteroatoms. The highest BCUT2D eigenvalue weighted by molar-refractivity contribution is 6.31. The number of hydrogen-bond donors (Lipinski definition) is 1. The van der Waals surface area contributed by atoms with Crippen LogP contribution in [0, 0.1) is 0 Å². The van der Waals surface area contributed by atoms with Gasteiger partial charge < -0.3 is 10.0 Å². The molecule has 0 atom stereocenters. The summed E-state index contributed by atoms with van der Waals surface area (Å²) in [6.07, 6.45) is 20.7. The molecular weight excluding hydrogens is 422 g/mol. The molecule has 0 aromatic heterocycles. The van der Waals surface area contributed by atoms with Crippen molar-refractivity contribution in [1.82, 2.24) is 4.90 Å². The van der Waals surface area contributed by atoms with Crippen LogP contribution in [0.2, 0.25) is 5.02 Å². The third kappa shape index (κ3) is 14.3. The molecule has 0 aliphatic rings. The van der Waals surface area contributed by atoms with Crippen molar-refractivity contribution in [2.75, 3.05) is 6.54 Å². The van der Waals surface area contributed by atoms with Gasteiger partial charge in [0.05, 0.1) is 0 Å². The number of halogens is 1. The van der Waals surface area contributed by atoms with Crippen LogP contribution in [-0.2, 0) is 16.1 Å². The van der Waals surface area contributed by atoms with Crippen molar-refractivity contribution >= 4 is 23.5 Å². The highest BCUT2D eigenvalue weighted by Gasteiger charge is 2.17. The maximum atomic E-state index is 12.5. The summed E-state index contributed by atoms with van der Waals surface area (Å²) in [5.41, 5.74) is 0.772. The zero-order valence-corrected chi connectivity index (χ0v) is 20.6. The summed E-state index contributed by atoms with van der Waals surface area (Å²) in [5, 5.41) is 9.70. The van der Waals surface area contributed by atoms with E-state index in [0.717, 1.165) is 31.2 Å². The van der Waals surface area contributed by atoms with Gasteiger partial charge in [-0.05, 0) is 43.7 Å². The monoisotopic (exact) mass is 463 g/mol. The average molecular weight is 464 g/mol. The van der Waals surface area contributed by atoms with Gasteiger partial charge in [0.2, 0.25) is 5.91 Å². The minimum Gasteiger partial charge on any atom is -0.480 e. The van der Waals surface area contributed by atoms with Crippen molar-refractivity contribution in [1.29, 1.82) is 0 Å². The molecule has 1 amide bonds. The number of amides is 1. The number of carboxylic acid groups (broad SMARTS) is 1. The van der Waals surface area contributed by atoms with E-state index in [1.54, 1.807) is 6.07 Å². The molecule has 0 saturated carbocycles. The van der Waals surface area contributed by atoms with E-state index in [2.05, 4.69) is 19.1 Å². The van der Waals surface area contributed by atoms with Crippen LogP contribution < -0.4 is 0 Å². The van der Waals surface area contributed by atoms with Gasteiger partial charge in [0, 0.05) is 18.0 Å². The third-order valence-corrected chi connectivity index (χ3v) is 6.02. The molecule has 0 radical (unpaired) electrons. The second kappa shape index (κ2) is 18.7. The number of carbonyl (C=O) groups is 2. The van der Waals surface area contributed by atoms with E-state index < -0.39 is 5.97 Å². The van der Waals surface area contributed by atoms with Gasteiger partial charge in [0.15, 0.2) is 0 Å². The molecule has 1 aromatic carbocycles. The zero-order valence-electron chi connectivity index (χ0n) is 19.9. The normalized spacial score (nSPS) is 11.2. The summed E-state index contributed by atoms with van der Waals surface area (Å²) in [7, 11) is 0. The first-order valence-electron chi connectivity index (χ1n) is 12.4. The summed E-state index contributed by atoms with van der Waals surface area (Å²) in [6.45, 7) is 2.19. The number of nitrogens with zero attached hydrogens (tertiary/aromatic N) is 1. The van der Waals surface area contributed by atoms with Crippen LogP contribution in [0.1, 0.15) is 102 Å². The molecular formula is C27H42ClNO3. The fourth-order valence-electron chi connectivity index (χ4n) is 3.73. The molecule has 0 aliphatic carbocycles. The van der Waals surface area contributed by atoms with E-state index in [9.17, 15) is 9.59 Å². The minimum absolute atomic E-state index is 0.120. The fourth-order valence-corrected chi connectivity index (χ4v) is 3.93. The topological polar surface area (TPSA) is 57.6 Å². The van der Waals surface area contributed by atoms with Crippen LogP contribution in [0.4, 0.5) is 0 Å². The maximum absolute atomic E-state index is 12.5. The lowest BCUT2D eigenvalue weighted by atomic mass is 10.1. The van der Waals surface area contributed by atoms with Crippen molar-refractivity contribution in [3.05, 3.63) is 47.0 Å². The highest BCUT2D eigenvalue weighted by Crippen LogP contribution is 2.18. The van der Waals surface area contributed by atoms with Crippen LogP contribution in [0.5, 0.6) is 0 Å². The van der Waals surface area contributed by atoms with Crippen LogP contribution in [0.25, 0.3) is 0 Å². The van der Waals surface area contributed by atoms with Gasteiger partial charge in [-0.25, -0.2) is 0 Å². The molecule has 0 aliphatic heterocycles. The molecule has 0 spiro atoms. The Morgan fingerprint density at radius 3 is 2.03 bits per heavy atom. The highest BCUT2D eigenvalue weighted by atomic mass is 35.5. The van der Waals surface area contributed by atoms with Gasteiger partial charge in [-0.3, -0.25) is 9.59 Å². The van der Waals surface area contributed by atoms with E-state index >= 15 is 0 Å². The molecule has 1 aromatic rings. The summed E-state index contributed by atoms with van der Waals surface area (Å²) in [4.78, 5) is 25.1. The smallest absolute Gasteiger partial charge is 0.323 e. The Labute approximate surface area is 200 Å². The molecule has 0 heterocycles. The Bertz CT molecular complexity index is 675. The number of aliphatic carboxylic acids is 1.